The van der Waals surface area contributed by atoms with E-state index in [2.05, 4.69) is 134 Å². The quantitative estimate of drug-likeness (QED) is 0.326. The van der Waals surface area contributed by atoms with E-state index in [0.717, 1.165) is 6.42 Å². The maximum absolute atomic E-state index is 2.43. The third-order valence-corrected chi connectivity index (χ3v) is 6.82. The van der Waals surface area contributed by atoms with Crippen LogP contribution >= 0.6 is 0 Å². The summed E-state index contributed by atoms with van der Waals surface area (Å²) in [6.07, 6.45) is 10.1. The van der Waals surface area contributed by atoms with Gasteiger partial charge in [0.25, 0.3) is 0 Å². The van der Waals surface area contributed by atoms with Crippen LogP contribution in [0, 0.1) is 0 Å². The average molecular weight is 438 g/mol. The first-order chi connectivity index (χ1) is 16.7. The monoisotopic (exact) mass is 437 g/mol. The second-order valence-electron chi connectivity index (χ2n) is 9.17. The molecular formula is C33H27N. The van der Waals surface area contributed by atoms with Crippen molar-refractivity contribution in [2.24, 2.45) is 0 Å². The molecule has 0 atom stereocenters. The zero-order valence-corrected chi connectivity index (χ0v) is 19.6. The molecule has 2 aliphatic carbocycles. The lowest BCUT2D eigenvalue weighted by Crippen LogP contribution is -2.28. The van der Waals surface area contributed by atoms with Gasteiger partial charge in [0, 0.05) is 24.9 Å². The highest BCUT2D eigenvalue weighted by Crippen LogP contribution is 2.34. The molecule has 0 aliphatic heterocycles. The first kappa shape index (κ1) is 20.5. The molecule has 0 saturated heterocycles. The lowest BCUT2D eigenvalue weighted by molar-refractivity contribution is 1.11. The number of fused-ring (bicyclic) bond motifs is 3. The van der Waals surface area contributed by atoms with Gasteiger partial charge in [-0.25, -0.2) is 0 Å². The van der Waals surface area contributed by atoms with E-state index in [1.54, 1.807) is 0 Å². The molecule has 34 heavy (non-hydrogen) atoms. The lowest BCUT2D eigenvalue weighted by atomic mass is 9.89. The maximum Gasteiger partial charge on any atom is 0.0524 e. The molecule has 0 aromatic heterocycles. The van der Waals surface area contributed by atoms with Crippen LogP contribution in [0.3, 0.4) is 0 Å². The number of allylic oxidation sites excluding steroid dienone is 4. The summed E-state index contributed by atoms with van der Waals surface area (Å²) in [4.78, 5) is 2.30. The normalized spacial score (nSPS) is 13.2. The standard InChI is InChI=1S/C33H27N/c1-34(2)33-30(31(23-13-5-3-6-14-23)24-15-7-4-8-16-24)22-28-27-20-12-11-19-26(27)21-29(28)32(33)25-17-9-10-18-25/h3-17,19-22H,18H2,1-2H3. The van der Waals surface area contributed by atoms with E-state index in [0.29, 0.717) is 0 Å². The van der Waals surface area contributed by atoms with Gasteiger partial charge in [0.05, 0.1) is 5.69 Å². The van der Waals surface area contributed by atoms with E-state index in [-0.39, 0.29) is 0 Å². The Morgan fingerprint density at radius 2 is 1.38 bits per heavy atom. The summed E-state index contributed by atoms with van der Waals surface area (Å²) in [6, 6.07) is 32.8. The highest BCUT2D eigenvalue weighted by atomic mass is 15.1. The molecule has 0 N–H and O–H groups in total. The summed E-state index contributed by atoms with van der Waals surface area (Å²) >= 11 is 0. The van der Waals surface area contributed by atoms with Crippen LogP contribution in [-0.2, 0) is 0 Å². The first-order valence-electron chi connectivity index (χ1n) is 11.9. The van der Waals surface area contributed by atoms with Crippen molar-refractivity contribution in [1.82, 2.24) is 0 Å². The number of rotatable bonds is 4. The summed E-state index contributed by atoms with van der Waals surface area (Å²) in [5, 5.41) is 2.61. The van der Waals surface area contributed by atoms with Crippen molar-refractivity contribution in [1.29, 1.82) is 0 Å². The zero-order chi connectivity index (χ0) is 23.1. The summed E-state index contributed by atoms with van der Waals surface area (Å²) in [6.45, 7) is 0. The van der Waals surface area contributed by atoms with E-state index in [4.69, 9.17) is 0 Å². The van der Waals surface area contributed by atoms with Crippen LogP contribution in [0.15, 0.2) is 109 Å². The van der Waals surface area contributed by atoms with Crippen molar-refractivity contribution in [3.05, 3.63) is 142 Å². The number of anilines is 1. The van der Waals surface area contributed by atoms with Gasteiger partial charge in [-0.2, -0.15) is 0 Å². The van der Waals surface area contributed by atoms with Crippen molar-refractivity contribution in [3.63, 3.8) is 0 Å². The molecule has 0 saturated carbocycles. The van der Waals surface area contributed by atoms with Crippen LogP contribution in [0.1, 0.15) is 28.7 Å². The molecule has 0 radical (unpaired) electrons. The topological polar surface area (TPSA) is 3.24 Å². The fourth-order valence-electron chi connectivity index (χ4n) is 5.38. The molecule has 0 fully saturated rings. The molecule has 1 nitrogen and oxygen atoms in total. The van der Waals surface area contributed by atoms with E-state index in [1.807, 2.05) is 0 Å². The third kappa shape index (κ3) is 3.33. The van der Waals surface area contributed by atoms with Gasteiger partial charge >= 0.3 is 0 Å². The third-order valence-electron chi connectivity index (χ3n) is 6.82. The molecule has 0 unspecified atom stereocenters. The Morgan fingerprint density at radius 3 is 2.00 bits per heavy atom. The summed E-state index contributed by atoms with van der Waals surface area (Å²) in [7, 11) is 4.35. The molecule has 0 heterocycles. The van der Waals surface area contributed by atoms with Crippen LogP contribution in [0.2, 0.25) is 0 Å². The molecule has 0 bridgehead atoms. The molecule has 1 heteroatoms. The Morgan fingerprint density at radius 1 is 0.735 bits per heavy atom. The van der Waals surface area contributed by atoms with Crippen molar-refractivity contribution >= 4 is 22.9 Å². The molecule has 4 aromatic rings. The number of nitrogens with zero attached hydrogens (tertiary/aromatic N) is 1. The zero-order valence-electron chi connectivity index (χ0n) is 19.6. The molecule has 0 amide bonds. The SMILES string of the molecule is CN(C)c1c(C2=CC=CC2)c2c(cc1=C(c1ccccc1)c1ccccc1)-c1ccccc1C=2. The lowest BCUT2D eigenvalue weighted by Gasteiger charge is -2.23. The van der Waals surface area contributed by atoms with Crippen LogP contribution < -0.4 is 15.3 Å². The van der Waals surface area contributed by atoms with Crippen molar-refractivity contribution in [3.8, 4) is 11.1 Å². The van der Waals surface area contributed by atoms with Crippen molar-refractivity contribution in [2.75, 3.05) is 19.0 Å². The Labute approximate surface area is 201 Å². The van der Waals surface area contributed by atoms with E-state index in [9.17, 15) is 0 Å². The summed E-state index contributed by atoms with van der Waals surface area (Å²) in [5.74, 6) is 0. The fourth-order valence-corrected chi connectivity index (χ4v) is 5.38. The number of hydrogen-bond acceptors (Lipinski definition) is 1. The van der Waals surface area contributed by atoms with Gasteiger partial charge in [0.2, 0.25) is 0 Å². The molecule has 2 aliphatic rings. The minimum absolute atomic E-state index is 0.965. The van der Waals surface area contributed by atoms with Gasteiger partial charge < -0.3 is 4.90 Å². The van der Waals surface area contributed by atoms with Crippen LogP contribution in [-0.4, -0.2) is 14.1 Å². The molecule has 6 rings (SSSR count). The van der Waals surface area contributed by atoms with E-state index < -0.39 is 0 Å². The van der Waals surface area contributed by atoms with Gasteiger partial charge in [-0.1, -0.05) is 103 Å². The highest BCUT2D eigenvalue weighted by molar-refractivity contribution is 5.94. The summed E-state index contributed by atoms with van der Waals surface area (Å²) in [5.41, 5.74) is 11.7. The second-order valence-corrected chi connectivity index (χ2v) is 9.17. The Kier molecular flexibility index (Phi) is 5.04. The van der Waals surface area contributed by atoms with Gasteiger partial charge in [-0.05, 0) is 62.7 Å². The predicted molar refractivity (Wildman–Crippen MR) is 145 cm³/mol. The summed E-state index contributed by atoms with van der Waals surface area (Å²) < 4.78 is 0. The largest absolute Gasteiger partial charge is 0.377 e. The number of benzene rings is 4. The van der Waals surface area contributed by atoms with Crippen molar-refractivity contribution in [2.45, 2.75) is 6.42 Å². The Hall–Kier alpha value is -4.10. The van der Waals surface area contributed by atoms with Gasteiger partial charge in [0.15, 0.2) is 0 Å². The first-order valence-corrected chi connectivity index (χ1v) is 11.9. The average Bonchev–Trinajstić information content (AvgIpc) is 3.53. The van der Waals surface area contributed by atoms with Crippen molar-refractivity contribution < 1.29 is 0 Å². The van der Waals surface area contributed by atoms with Crippen LogP contribution in [0.25, 0.3) is 28.3 Å². The second kappa shape index (κ2) is 8.35. The van der Waals surface area contributed by atoms with Gasteiger partial charge in [-0.3, -0.25) is 0 Å². The minimum Gasteiger partial charge on any atom is -0.377 e. The Balaban J connectivity index is 1.84. The Bertz CT molecular complexity index is 1530. The molecular weight excluding hydrogens is 410 g/mol. The van der Waals surface area contributed by atoms with Gasteiger partial charge in [-0.15, -0.1) is 0 Å². The predicted octanol–water partition coefficient (Wildman–Crippen LogP) is 6.15. The fraction of sp³-hybridized carbons (Fsp3) is 0.0909. The van der Waals surface area contributed by atoms with Crippen LogP contribution in [0.5, 0.6) is 0 Å². The van der Waals surface area contributed by atoms with Gasteiger partial charge in [0.1, 0.15) is 0 Å². The van der Waals surface area contributed by atoms with E-state index >= 15 is 0 Å². The van der Waals surface area contributed by atoms with Crippen LogP contribution in [0.4, 0.5) is 5.69 Å². The molecule has 164 valence electrons. The molecule has 0 spiro atoms. The maximum atomic E-state index is 2.43. The number of hydrogen-bond donors (Lipinski definition) is 0. The minimum atomic E-state index is 0.965. The van der Waals surface area contributed by atoms with E-state index in [1.165, 1.54) is 60.7 Å². The highest BCUT2D eigenvalue weighted by Gasteiger charge is 2.23. The smallest absolute Gasteiger partial charge is 0.0524 e. The molecule has 4 aromatic carbocycles.